The van der Waals surface area contributed by atoms with Gasteiger partial charge < -0.3 is 15.6 Å². The summed E-state index contributed by atoms with van der Waals surface area (Å²) in [6.45, 7) is 4.29. The number of rotatable bonds is 2. The number of aromatic nitrogens is 1. The first kappa shape index (κ1) is 14.7. The Balaban J connectivity index is 2.40. The molecule has 7 nitrogen and oxygen atoms in total. The van der Waals surface area contributed by atoms with Crippen LogP contribution in [0.3, 0.4) is 0 Å². The van der Waals surface area contributed by atoms with E-state index in [0.717, 1.165) is 0 Å². The van der Waals surface area contributed by atoms with Crippen molar-refractivity contribution in [1.82, 2.24) is 15.2 Å². The standard InChI is InChI=1S/C12H16BrN5O2/c1-12(2)11(20)15-3-4-18(12)10(19)8-5-7(13)6-16-9(8)17-14/h5-6H,3-4,14H2,1-2H3,(H,15,20)(H,16,17). The molecule has 0 radical (unpaired) electrons. The molecular formula is C12H16BrN5O2. The average Bonchev–Trinajstić information content (AvgIpc) is 2.41. The molecule has 0 spiro atoms. The monoisotopic (exact) mass is 341 g/mol. The third-order valence-corrected chi connectivity index (χ3v) is 3.75. The van der Waals surface area contributed by atoms with Gasteiger partial charge in [0.2, 0.25) is 5.91 Å². The Hall–Kier alpha value is -1.67. The first-order valence-electron chi connectivity index (χ1n) is 6.10. The lowest BCUT2D eigenvalue weighted by Gasteiger charge is -2.41. The normalized spacial score (nSPS) is 17.6. The summed E-state index contributed by atoms with van der Waals surface area (Å²) in [5, 5.41) is 2.75. The molecule has 1 fully saturated rings. The highest BCUT2D eigenvalue weighted by atomic mass is 79.9. The number of pyridine rings is 1. The molecule has 1 aromatic heterocycles. The molecule has 2 heterocycles. The minimum atomic E-state index is -0.913. The largest absolute Gasteiger partial charge is 0.352 e. The lowest BCUT2D eigenvalue weighted by Crippen LogP contribution is -2.63. The van der Waals surface area contributed by atoms with Crippen LogP contribution < -0.4 is 16.6 Å². The van der Waals surface area contributed by atoms with E-state index < -0.39 is 5.54 Å². The van der Waals surface area contributed by atoms with Gasteiger partial charge in [-0.1, -0.05) is 0 Å². The number of nitrogens with one attached hydrogen (secondary N) is 2. The summed E-state index contributed by atoms with van der Waals surface area (Å²) in [6, 6.07) is 1.63. The highest BCUT2D eigenvalue weighted by molar-refractivity contribution is 9.10. The number of anilines is 1. The molecule has 2 rings (SSSR count). The van der Waals surface area contributed by atoms with E-state index in [2.05, 4.69) is 31.7 Å². The molecular weight excluding hydrogens is 326 g/mol. The second-order valence-corrected chi connectivity index (χ2v) is 5.88. The minimum absolute atomic E-state index is 0.178. The minimum Gasteiger partial charge on any atom is -0.352 e. The van der Waals surface area contributed by atoms with E-state index >= 15 is 0 Å². The van der Waals surface area contributed by atoms with Gasteiger partial charge in [-0.25, -0.2) is 10.8 Å². The maximum Gasteiger partial charge on any atom is 0.258 e. The second-order valence-electron chi connectivity index (χ2n) is 4.97. The number of piperazine rings is 1. The zero-order valence-corrected chi connectivity index (χ0v) is 12.8. The molecule has 8 heteroatoms. The van der Waals surface area contributed by atoms with Crippen molar-refractivity contribution in [3.05, 3.63) is 22.3 Å². The van der Waals surface area contributed by atoms with Crippen LogP contribution in [0.1, 0.15) is 24.2 Å². The second kappa shape index (κ2) is 5.37. The van der Waals surface area contributed by atoms with Crippen molar-refractivity contribution >= 4 is 33.6 Å². The SMILES string of the molecule is CC1(C)C(=O)NCCN1C(=O)c1cc(Br)cnc1NN. The Bertz CT molecular complexity index is 561. The van der Waals surface area contributed by atoms with Crippen molar-refractivity contribution in [1.29, 1.82) is 0 Å². The quantitative estimate of drug-likeness (QED) is 0.536. The van der Waals surface area contributed by atoms with Crippen LogP contribution in [-0.2, 0) is 4.79 Å². The average molecular weight is 342 g/mol. The lowest BCUT2D eigenvalue weighted by atomic mass is 9.97. The summed E-state index contributed by atoms with van der Waals surface area (Å²) in [7, 11) is 0. The van der Waals surface area contributed by atoms with Crippen LogP contribution in [0.2, 0.25) is 0 Å². The van der Waals surface area contributed by atoms with Gasteiger partial charge in [-0.3, -0.25) is 9.59 Å². The maximum atomic E-state index is 12.7. The molecule has 20 heavy (non-hydrogen) atoms. The van der Waals surface area contributed by atoms with E-state index in [4.69, 9.17) is 5.84 Å². The number of nitrogens with two attached hydrogens (primary N) is 1. The van der Waals surface area contributed by atoms with Crippen LogP contribution in [-0.4, -0.2) is 40.3 Å². The van der Waals surface area contributed by atoms with Crippen LogP contribution in [0, 0.1) is 0 Å². The van der Waals surface area contributed by atoms with Crippen molar-refractivity contribution in [2.75, 3.05) is 18.5 Å². The summed E-state index contributed by atoms with van der Waals surface area (Å²) in [4.78, 5) is 30.2. The van der Waals surface area contributed by atoms with E-state index in [1.807, 2.05) is 0 Å². The molecule has 1 aliphatic rings. The zero-order valence-electron chi connectivity index (χ0n) is 11.2. The first-order valence-corrected chi connectivity index (χ1v) is 6.89. The fourth-order valence-electron chi connectivity index (χ4n) is 2.12. The van der Waals surface area contributed by atoms with Crippen LogP contribution >= 0.6 is 15.9 Å². The van der Waals surface area contributed by atoms with Crippen LogP contribution in [0.5, 0.6) is 0 Å². The third-order valence-electron chi connectivity index (χ3n) is 3.32. The highest BCUT2D eigenvalue weighted by Gasteiger charge is 2.41. The van der Waals surface area contributed by atoms with E-state index in [-0.39, 0.29) is 17.6 Å². The van der Waals surface area contributed by atoms with Gasteiger partial charge in [-0.05, 0) is 35.8 Å². The van der Waals surface area contributed by atoms with Gasteiger partial charge in [0.1, 0.15) is 5.54 Å². The molecule has 108 valence electrons. The topological polar surface area (TPSA) is 100 Å². The van der Waals surface area contributed by atoms with Crippen molar-refractivity contribution in [2.24, 2.45) is 5.84 Å². The molecule has 0 unspecified atom stereocenters. The highest BCUT2D eigenvalue weighted by Crippen LogP contribution is 2.24. The van der Waals surface area contributed by atoms with Crippen molar-refractivity contribution < 1.29 is 9.59 Å². The molecule has 0 atom stereocenters. The van der Waals surface area contributed by atoms with Crippen LogP contribution in [0.25, 0.3) is 0 Å². The van der Waals surface area contributed by atoms with Crippen molar-refractivity contribution in [3.8, 4) is 0 Å². The van der Waals surface area contributed by atoms with Gasteiger partial charge in [0.15, 0.2) is 5.82 Å². The molecule has 1 aliphatic heterocycles. The molecule has 0 aromatic carbocycles. The predicted octanol–water partition coefficient (Wildman–Crippen LogP) is 0.480. The number of carbonyl (C=O) groups excluding carboxylic acids is 2. The summed E-state index contributed by atoms with van der Waals surface area (Å²) in [5.41, 5.74) is 1.81. The number of hydrogen-bond donors (Lipinski definition) is 3. The number of halogens is 1. The third kappa shape index (κ3) is 2.48. The van der Waals surface area contributed by atoms with E-state index in [0.29, 0.717) is 23.1 Å². The van der Waals surface area contributed by atoms with Crippen LogP contribution in [0.15, 0.2) is 16.7 Å². The summed E-state index contributed by atoms with van der Waals surface area (Å²) in [6.07, 6.45) is 1.54. The summed E-state index contributed by atoms with van der Waals surface area (Å²) < 4.78 is 0.666. The lowest BCUT2D eigenvalue weighted by molar-refractivity contribution is -0.133. The van der Waals surface area contributed by atoms with Gasteiger partial charge >= 0.3 is 0 Å². The Kier molecular flexibility index (Phi) is 3.96. The van der Waals surface area contributed by atoms with Crippen molar-refractivity contribution in [3.63, 3.8) is 0 Å². The maximum absolute atomic E-state index is 12.7. The molecule has 1 aromatic rings. The molecule has 0 aliphatic carbocycles. The van der Waals surface area contributed by atoms with Gasteiger partial charge in [-0.2, -0.15) is 0 Å². The van der Waals surface area contributed by atoms with Gasteiger partial charge in [0.25, 0.3) is 5.91 Å². The number of carbonyl (C=O) groups is 2. The molecule has 0 bridgehead atoms. The Morgan fingerprint density at radius 1 is 1.60 bits per heavy atom. The Labute approximate surface area is 125 Å². The van der Waals surface area contributed by atoms with Gasteiger partial charge in [0, 0.05) is 23.8 Å². The summed E-state index contributed by atoms with van der Waals surface area (Å²) >= 11 is 3.28. The first-order chi connectivity index (χ1) is 9.37. The van der Waals surface area contributed by atoms with E-state index in [9.17, 15) is 9.59 Å². The summed E-state index contributed by atoms with van der Waals surface area (Å²) in [5.74, 6) is 5.20. The zero-order chi connectivity index (χ0) is 14.9. The molecule has 1 saturated heterocycles. The number of nitrogen functional groups attached to an aromatic ring is 1. The smallest absolute Gasteiger partial charge is 0.258 e. The predicted molar refractivity (Wildman–Crippen MR) is 77.9 cm³/mol. The number of hydrazine groups is 1. The van der Waals surface area contributed by atoms with Gasteiger partial charge in [-0.15, -0.1) is 0 Å². The number of hydrogen-bond acceptors (Lipinski definition) is 5. The fourth-order valence-corrected chi connectivity index (χ4v) is 2.45. The Morgan fingerprint density at radius 2 is 2.30 bits per heavy atom. The number of amides is 2. The molecule has 0 saturated carbocycles. The number of nitrogens with zero attached hydrogens (tertiary/aromatic N) is 2. The van der Waals surface area contributed by atoms with Crippen molar-refractivity contribution in [2.45, 2.75) is 19.4 Å². The van der Waals surface area contributed by atoms with Crippen LogP contribution in [0.4, 0.5) is 5.82 Å². The molecule has 2 amide bonds. The van der Waals surface area contributed by atoms with E-state index in [1.54, 1.807) is 26.1 Å². The fraction of sp³-hybridized carbons (Fsp3) is 0.417. The molecule has 4 N–H and O–H groups in total. The van der Waals surface area contributed by atoms with E-state index in [1.165, 1.54) is 4.90 Å². The Morgan fingerprint density at radius 3 is 2.95 bits per heavy atom. The van der Waals surface area contributed by atoms with Gasteiger partial charge in [0.05, 0.1) is 5.56 Å².